The molecule has 0 aliphatic rings. The van der Waals surface area contributed by atoms with Gasteiger partial charge in [-0.3, -0.25) is 4.79 Å². The topological polar surface area (TPSA) is 75.6 Å². The lowest BCUT2D eigenvalue weighted by molar-refractivity contribution is -0.131. The van der Waals surface area contributed by atoms with Crippen molar-refractivity contribution in [3.05, 3.63) is 35.4 Å². The summed E-state index contributed by atoms with van der Waals surface area (Å²) >= 11 is 0. The van der Waals surface area contributed by atoms with Gasteiger partial charge in [-0.05, 0) is 43.2 Å². The second-order valence-corrected chi connectivity index (χ2v) is 4.11. The van der Waals surface area contributed by atoms with Gasteiger partial charge < -0.3 is 15.2 Å². The molecule has 0 aliphatic carbocycles. The van der Waals surface area contributed by atoms with Crippen LogP contribution in [-0.4, -0.2) is 30.2 Å². The number of nitrogens with one attached hydrogen (secondary N) is 1. The van der Waals surface area contributed by atoms with E-state index in [1.165, 1.54) is 13.2 Å². The predicted octanol–water partition coefficient (Wildman–Crippen LogP) is 2.07. The van der Waals surface area contributed by atoms with E-state index >= 15 is 0 Å². The van der Waals surface area contributed by atoms with E-state index in [0.29, 0.717) is 5.69 Å². The molecule has 5 heteroatoms. The Labute approximate surface area is 111 Å². The van der Waals surface area contributed by atoms with Gasteiger partial charge in [0, 0.05) is 18.9 Å². The molecule has 1 aromatic rings. The molecule has 5 nitrogen and oxygen atoms in total. The van der Waals surface area contributed by atoms with Crippen LogP contribution in [0.5, 0.6) is 0 Å². The van der Waals surface area contributed by atoms with Crippen LogP contribution in [0.15, 0.2) is 24.3 Å². The number of amides is 1. The Balaban J connectivity index is 2.82. The summed E-state index contributed by atoms with van der Waals surface area (Å²) in [4.78, 5) is 22.1. The molecule has 0 heterocycles. The van der Waals surface area contributed by atoms with Crippen LogP contribution < -0.4 is 5.32 Å². The predicted molar refractivity (Wildman–Crippen MR) is 72.9 cm³/mol. The number of rotatable bonds is 5. The monoisotopic (exact) mass is 263 g/mol. The largest absolute Gasteiger partial charge is 0.478 e. The Morgan fingerprint density at radius 1 is 1.42 bits per heavy atom. The molecule has 102 valence electrons. The molecule has 0 saturated carbocycles. The number of hydrogen-bond acceptors (Lipinski definition) is 3. The fourth-order valence-corrected chi connectivity index (χ4v) is 1.45. The molecule has 1 unspecified atom stereocenters. The van der Waals surface area contributed by atoms with Crippen LogP contribution in [0.25, 0.3) is 6.08 Å². The van der Waals surface area contributed by atoms with Crippen LogP contribution in [0.1, 0.15) is 18.1 Å². The van der Waals surface area contributed by atoms with Gasteiger partial charge in [0.05, 0.1) is 0 Å². The first-order valence-electron chi connectivity index (χ1n) is 5.79. The fraction of sp³-hybridized carbons (Fsp3) is 0.286. The summed E-state index contributed by atoms with van der Waals surface area (Å²) in [6, 6.07) is 5.25. The molecule has 0 aliphatic heterocycles. The normalized spacial score (nSPS) is 12.4. The highest BCUT2D eigenvalue weighted by atomic mass is 16.5. The highest BCUT2D eigenvalue weighted by molar-refractivity contribution is 5.94. The molecule has 19 heavy (non-hydrogen) atoms. The minimum Gasteiger partial charge on any atom is -0.478 e. The summed E-state index contributed by atoms with van der Waals surface area (Å²) in [5.74, 6) is -1.22. The van der Waals surface area contributed by atoms with Crippen molar-refractivity contribution in [2.45, 2.75) is 20.0 Å². The zero-order valence-corrected chi connectivity index (χ0v) is 11.1. The van der Waals surface area contributed by atoms with E-state index in [-0.39, 0.29) is 5.91 Å². The summed E-state index contributed by atoms with van der Waals surface area (Å²) in [5, 5.41) is 11.3. The number of carboxylic acids is 1. The van der Waals surface area contributed by atoms with Gasteiger partial charge in [-0.15, -0.1) is 0 Å². The first-order valence-corrected chi connectivity index (χ1v) is 5.79. The molecule has 1 aromatic carbocycles. The standard InChI is InChI=1S/C14H17NO4/c1-9-8-12(15-14(18)10(2)19-3)6-4-11(9)5-7-13(16)17/h4-8,10H,1-3H3,(H,15,18)(H,16,17)/b7-5+. The van der Waals surface area contributed by atoms with Gasteiger partial charge in [-0.1, -0.05) is 6.07 Å². The van der Waals surface area contributed by atoms with Crippen LogP contribution in [0.3, 0.4) is 0 Å². The molecule has 1 atom stereocenters. The van der Waals surface area contributed by atoms with E-state index in [1.807, 2.05) is 6.92 Å². The number of benzene rings is 1. The molecule has 0 aromatic heterocycles. The summed E-state index contributed by atoms with van der Waals surface area (Å²) in [5.41, 5.74) is 2.32. The summed E-state index contributed by atoms with van der Waals surface area (Å²) in [7, 11) is 1.47. The minimum absolute atomic E-state index is 0.226. The van der Waals surface area contributed by atoms with E-state index < -0.39 is 12.1 Å². The number of ether oxygens (including phenoxy) is 1. The number of aliphatic carboxylic acids is 1. The smallest absolute Gasteiger partial charge is 0.328 e. The number of methoxy groups -OCH3 is 1. The van der Waals surface area contributed by atoms with Crippen molar-refractivity contribution in [3.63, 3.8) is 0 Å². The van der Waals surface area contributed by atoms with Crippen molar-refractivity contribution in [2.75, 3.05) is 12.4 Å². The molecule has 1 amide bonds. The highest BCUT2D eigenvalue weighted by Crippen LogP contribution is 2.17. The molecule has 2 N–H and O–H groups in total. The van der Waals surface area contributed by atoms with E-state index in [9.17, 15) is 9.59 Å². The third-order valence-corrected chi connectivity index (χ3v) is 2.67. The zero-order valence-electron chi connectivity index (χ0n) is 11.1. The number of carboxylic acid groups (broad SMARTS) is 1. The zero-order chi connectivity index (χ0) is 14.4. The molecule has 1 rings (SSSR count). The fourth-order valence-electron chi connectivity index (χ4n) is 1.45. The number of carbonyl (C=O) groups is 2. The van der Waals surface area contributed by atoms with Crippen molar-refractivity contribution in [1.29, 1.82) is 0 Å². The van der Waals surface area contributed by atoms with Crippen LogP contribution >= 0.6 is 0 Å². The summed E-state index contributed by atoms with van der Waals surface area (Å²) < 4.78 is 4.91. The third kappa shape index (κ3) is 4.56. The maximum atomic E-state index is 11.6. The van der Waals surface area contributed by atoms with Crippen molar-refractivity contribution >= 4 is 23.6 Å². The molecule has 0 bridgehead atoms. The Morgan fingerprint density at radius 2 is 2.11 bits per heavy atom. The van der Waals surface area contributed by atoms with Crippen molar-refractivity contribution in [2.24, 2.45) is 0 Å². The van der Waals surface area contributed by atoms with Crippen LogP contribution in [0.2, 0.25) is 0 Å². The number of carbonyl (C=O) groups excluding carboxylic acids is 1. The molecule has 0 spiro atoms. The van der Waals surface area contributed by atoms with E-state index in [0.717, 1.165) is 17.2 Å². The minimum atomic E-state index is -0.995. The lowest BCUT2D eigenvalue weighted by Gasteiger charge is -2.11. The lowest BCUT2D eigenvalue weighted by atomic mass is 10.1. The van der Waals surface area contributed by atoms with Gasteiger partial charge in [0.1, 0.15) is 6.10 Å². The van der Waals surface area contributed by atoms with Crippen molar-refractivity contribution in [3.8, 4) is 0 Å². The lowest BCUT2D eigenvalue weighted by Crippen LogP contribution is -2.26. The molecular formula is C14H17NO4. The van der Waals surface area contributed by atoms with E-state index in [4.69, 9.17) is 9.84 Å². The first kappa shape index (κ1) is 14.9. The second-order valence-electron chi connectivity index (χ2n) is 4.11. The number of anilines is 1. The SMILES string of the molecule is COC(C)C(=O)Nc1ccc(/C=C/C(=O)O)c(C)c1. The molecule has 0 fully saturated rings. The van der Waals surface area contributed by atoms with Gasteiger partial charge in [0.15, 0.2) is 0 Å². The summed E-state index contributed by atoms with van der Waals surface area (Å²) in [6.07, 6.45) is 2.07. The highest BCUT2D eigenvalue weighted by Gasteiger charge is 2.11. The Morgan fingerprint density at radius 3 is 2.63 bits per heavy atom. The average Bonchev–Trinajstić information content (AvgIpc) is 2.36. The van der Waals surface area contributed by atoms with Gasteiger partial charge in [-0.2, -0.15) is 0 Å². The Bertz CT molecular complexity index is 508. The number of aryl methyl sites for hydroxylation is 1. The van der Waals surface area contributed by atoms with Gasteiger partial charge in [0.2, 0.25) is 0 Å². The first-order chi connectivity index (χ1) is 8.93. The van der Waals surface area contributed by atoms with Crippen LogP contribution in [0.4, 0.5) is 5.69 Å². The summed E-state index contributed by atoms with van der Waals surface area (Å²) in [6.45, 7) is 3.50. The van der Waals surface area contributed by atoms with Crippen LogP contribution in [0, 0.1) is 6.92 Å². The Hall–Kier alpha value is -2.14. The maximum Gasteiger partial charge on any atom is 0.328 e. The molecule has 0 saturated heterocycles. The quantitative estimate of drug-likeness (QED) is 0.797. The Kier molecular flexibility index (Phi) is 5.26. The molecular weight excluding hydrogens is 246 g/mol. The van der Waals surface area contributed by atoms with E-state index in [1.54, 1.807) is 25.1 Å². The third-order valence-electron chi connectivity index (χ3n) is 2.67. The van der Waals surface area contributed by atoms with Crippen molar-refractivity contribution in [1.82, 2.24) is 0 Å². The molecule has 0 radical (unpaired) electrons. The maximum absolute atomic E-state index is 11.6. The van der Waals surface area contributed by atoms with Crippen LogP contribution in [-0.2, 0) is 14.3 Å². The van der Waals surface area contributed by atoms with Gasteiger partial charge in [-0.25, -0.2) is 4.79 Å². The van der Waals surface area contributed by atoms with Crippen molar-refractivity contribution < 1.29 is 19.4 Å². The van der Waals surface area contributed by atoms with Gasteiger partial charge >= 0.3 is 5.97 Å². The second kappa shape index (κ2) is 6.70. The van der Waals surface area contributed by atoms with Gasteiger partial charge in [0.25, 0.3) is 5.91 Å². The average molecular weight is 263 g/mol. The van der Waals surface area contributed by atoms with E-state index in [2.05, 4.69) is 5.32 Å². The number of hydrogen-bond donors (Lipinski definition) is 2.